The van der Waals surface area contributed by atoms with Gasteiger partial charge in [-0.2, -0.15) is 0 Å². The van der Waals surface area contributed by atoms with Crippen molar-refractivity contribution in [3.8, 4) is 0 Å². The molecule has 1 N–H and O–H groups in total. The predicted molar refractivity (Wildman–Crippen MR) is 59.1 cm³/mol. The fraction of sp³-hybridized carbons (Fsp3) is 0.600. The van der Waals surface area contributed by atoms with E-state index in [0.29, 0.717) is 16.8 Å². The largest absolute Gasteiger partial charge is 0.313 e. The second kappa shape index (κ2) is 4.81. The van der Waals surface area contributed by atoms with Crippen molar-refractivity contribution in [1.29, 1.82) is 0 Å². The van der Waals surface area contributed by atoms with Crippen LogP contribution in [-0.2, 0) is 10.8 Å². The van der Waals surface area contributed by atoms with Gasteiger partial charge in [0.25, 0.3) is 0 Å². The quantitative estimate of drug-likeness (QED) is 0.820. The van der Waals surface area contributed by atoms with Gasteiger partial charge in [-0.25, -0.2) is 4.98 Å². The first-order chi connectivity index (χ1) is 7.27. The Kier molecular flexibility index (Phi) is 3.43. The van der Waals surface area contributed by atoms with Crippen LogP contribution in [0.2, 0.25) is 0 Å². The number of rotatable bonds is 3. The Hall–Kier alpha value is -0.810. The molecule has 1 aliphatic rings. The monoisotopic (exact) mass is 225 g/mol. The van der Waals surface area contributed by atoms with E-state index in [1.54, 1.807) is 12.4 Å². The van der Waals surface area contributed by atoms with Gasteiger partial charge >= 0.3 is 0 Å². The highest BCUT2D eigenvalue weighted by molar-refractivity contribution is 7.85. The first-order valence-corrected chi connectivity index (χ1v) is 6.48. The molecule has 2 atom stereocenters. The molecular weight excluding hydrogens is 210 g/mol. The van der Waals surface area contributed by atoms with Crippen molar-refractivity contribution < 1.29 is 4.21 Å². The Bertz CT molecular complexity index is 363. The summed E-state index contributed by atoms with van der Waals surface area (Å²) in [6.07, 6.45) is 5.53. The Labute approximate surface area is 92.0 Å². The smallest absolute Gasteiger partial charge is 0.148 e. The zero-order valence-corrected chi connectivity index (χ0v) is 9.59. The maximum Gasteiger partial charge on any atom is 0.148 e. The van der Waals surface area contributed by atoms with Gasteiger partial charge in [0.1, 0.15) is 5.03 Å². The first kappa shape index (κ1) is 10.7. The summed E-state index contributed by atoms with van der Waals surface area (Å²) in [4.78, 5) is 8.23. The molecule has 15 heavy (non-hydrogen) atoms. The van der Waals surface area contributed by atoms with E-state index in [1.807, 2.05) is 6.92 Å². The van der Waals surface area contributed by atoms with Crippen LogP contribution in [0.5, 0.6) is 0 Å². The van der Waals surface area contributed by atoms with E-state index in [-0.39, 0.29) is 0 Å². The van der Waals surface area contributed by atoms with E-state index < -0.39 is 10.8 Å². The molecule has 1 saturated heterocycles. The summed E-state index contributed by atoms with van der Waals surface area (Å²) < 4.78 is 12.0. The third-order valence-electron chi connectivity index (χ3n) is 2.57. The second-order valence-electron chi connectivity index (χ2n) is 3.75. The molecule has 0 aliphatic carbocycles. The lowest BCUT2D eigenvalue weighted by molar-refractivity contribution is 0.640. The molecule has 2 rings (SSSR count). The van der Waals surface area contributed by atoms with Crippen LogP contribution in [0.4, 0.5) is 0 Å². The zero-order chi connectivity index (χ0) is 10.7. The minimum atomic E-state index is -1.02. The van der Waals surface area contributed by atoms with E-state index in [4.69, 9.17) is 0 Å². The van der Waals surface area contributed by atoms with Crippen LogP contribution in [0.3, 0.4) is 0 Å². The fourth-order valence-corrected chi connectivity index (χ4v) is 3.15. The van der Waals surface area contributed by atoms with Crippen molar-refractivity contribution in [3.05, 3.63) is 18.1 Å². The summed E-state index contributed by atoms with van der Waals surface area (Å²) in [5, 5.41) is 3.97. The maximum absolute atomic E-state index is 12.0. The maximum atomic E-state index is 12.0. The molecule has 4 nitrogen and oxygen atoms in total. The molecule has 0 radical (unpaired) electrons. The van der Waals surface area contributed by atoms with Crippen molar-refractivity contribution in [2.45, 2.75) is 30.8 Å². The van der Waals surface area contributed by atoms with Crippen LogP contribution < -0.4 is 5.32 Å². The average molecular weight is 225 g/mol. The number of nitrogens with zero attached hydrogens (tertiary/aromatic N) is 2. The fourth-order valence-electron chi connectivity index (χ4n) is 1.78. The number of hydrogen-bond donors (Lipinski definition) is 1. The van der Waals surface area contributed by atoms with E-state index in [0.717, 1.165) is 18.7 Å². The minimum absolute atomic E-state index is 0.382. The molecule has 0 bridgehead atoms. The van der Waals surface area contributed by atoms with Gasteiger partial charge in [0, 0.05) is 24.2 Å². The van der Waals surface area contributed by atoms with Crippen molar-refractivity contribution >= 4 is 10.8 Å². The third kappa shape index (κ3) is 2.60. The third-order valence-corrected chi connectivity index (χ3v) is 4.10. The van der Waals surface area contributed by atoms with Gasteiger partial charge in [-0.05, 0) is 26.3 Å². The molecule has 5 heteroatoms. The second-order valence-corrected chi connectivity index (χ2v) is 5.16. The standard InChI is InChI=1S/C10H15N3OS/c1-8-10(13-6-5-11-8)15(14)7-9-3-2-4-12-9/h5-6,9,12H,2-4,7H2,1H3/t9-,15-/m1/s1. The van der Waals surface area contributed by atoms with Gasteiger partial charge in [-0.15, -0.1) is 0 Å². The normalized spacial score (nSPS) is 22.9. The molecule has 1 aromatic rings. The Morgan fingerprint density at radius 2 is 2.33 bits per heavy atom. The summed E-state index contributed by atoms with van der Waals surface area (Å²) in [6.45, 7) is 2.89. The molecule has 0 spiro atoms. The van der Waals surface area contributed by atoms with E-state index >= 15 is 0 Å². The van der Waals surface area contributed by atoms with Gasteiger partial charge in [0.2, 0.25) is 0 Å². The minimum Gasteiger partial charge on any atom is -0.313 e. The van der Waals surface area contributed by atoms with Crippen molar-refractivity contribution in [2.75, 3.05) is 12.3 Å². The number of aromatic nitrogens is 2. The molecule has 1 fully saturated rings. The van der Waals surface area contributed by atoms with E-state index in [2.05, 4.69) is 15.3 Å². The lowest BCUT2D eigenvalue weighted by Crippen LogP contribution is -2.28. The zero-order valence-electron chi connectivity index (χ0n) is 8.77. The molecule has 82 valence electrons. The molecule has 0 aromatic carbocycles. The van der Waals surface area contributed by atoms with Crippen LogP contribution in [0.1, 0.15) is 18.5 Å². The summed E-state index contributed by atoms with van der Waals surface area (Å²) in [6, 6.07) is 0.382. The van der Waals surface area contributed by atoms with Gasteiger partial charge in [0.05, 0.1) is 16.5 Å². The molecule has 0 amide bonds. The summed E-state index contributed by atoms with van der Waals surface area (Å²) in [5.41, 5.74) is 0.772. The van der Waals surface area contributed by atoms with Crippen LogP contribution >= 0.6 is 0 Å². The lowest BCUT2D eigenvalue weighted by Gasteiger charge is -2.09. The van der Waals surface area contributed by atoms with Gasteiger partial charge < -0.3 is 5.32 Å². The summed E-state index contributed by atoms with van der Waals surface area (Å²) >= 11 is 0. The molecular formula is C10H15N3OS. The number of hydrogen-bond acceptors (Lipinski definition) is 4. The highest BCUT2D eigenvalue weighted by atomic mass is 32.2. The lowest BCUT2D eigenvalue weighted by atomic mass is 10.3. The van der Waals surface area contributed by atoms with Gasteiger partial charge in [-0.1, -0.05) is 0 Å². The highest BCUT2D eigenvalue weighted by Crippen LogP contribution is 2.12. The number of aryl methyl sites for hydroxylation is 1. The molecule has 0 unspecified atom stereocenters. The topological polar surface area (TPSA) is 54.9 Å². The Morgan fingerprint density at radius 3 is 3.00 bits per heavy atom. The van der Waals surface area contributed by atoms with Crippen LogP contribution in [0, 0.1) is 6.92 Å². The molecule has 2 heterocycles. The SMILES string of the molecule is Cc1nccnc1[S@](=O)C[C@H]1CCCN1. The van der Waals surface area contributed by atoms with Gasteiger partial charge in [-0.3, -0.25) is 9.19 Å². The Morgan fingerprint density at radius 1 is 1.53 bits per heavy atom. The van der Waals surface area contributed by atoms with Crippen LogP contribution in [0.15, 0.2) is 17.4 Å². The average Bonchev–Trinajstić information content (AvgIpc) is 2.71. The summed E-state index contributed by atoms with van der Waals surface area (Å²) in [5.74, 6) is 0.652. The van der Waals surface area contributed by atoms with Crippen LogP contribution in [0.25, 0.3) is 0 Å². The van der Waals surface area contributed by atoms with Crippen molar-refractivity contribution in [1.82, 2.24) is 15.3 Å². The number of nitrogens with one attached hydrogen (secondary N) is 1. The van der Waals surface area contributed by atoms with Crippen molar-refractivity contribution in [3.63, 3.8) is 0 Å². The van der Waals surface area contributed by atoms with Crippen molar-refractivity contribution in [2.24, 2.45) is 0 Å². The van der Waals surface area contributed by atoms with Crippen LogP contribution in [-0.4, -0.2) is 32.5 Å². The molecule has 1 aromatic heterocycles. The van der Waals surface area contributed by atoms with E-state index in [1.165, 1.54) is 6.42 Å². The molecule has 1 aliphatic heterocycles. The summed E-state index contributed by atoms with van der Waals surface area (Å²) in [7, 11) is -1.02. The molecule has 0 saturated carbocycles. The first-order valence-electron chi connectivity index (χ1n) is 5.17. The van der Waals surface area contributed by atoms with E-state index in [9.17, 15) is 4.21 Å². The predicted octanol–water partition coefficient (Wildman–Crippen LogP) is 0.645. The Balaban J connectivity index is 2.04. The van der Waals surface area contributed by atoms with Gasteiger partial charge in [0.15, 0.2) is 0 Å². The highest BCUT2D eigenvalue weighted by Gasteiger charge is 2.19.